The molecule has 6 aromatic heterocycles. The third-order valence-electron chi connectivity index (χ3n) is 23.2. The van der Waals surface area contributed by atoms with Gasteiger partial charge in [-0.15, -0.1) is 58.0 Å². The molecule has 10 N–H and O–H groups in total. The van der Waals surface area contributed by atoms with Crippen LogP contribution in [0.25, 0.3) is 57.1 Å². The molecule has 8 aliphatic rings. The fraction of sp³-hybridized carbons (Fsp3) is 0.420. The Kier molecular flexibility index (Phi) is 33.1. The zero-order chi connectivity index (χ0) is 94.8. The predicted molar refractivity (Wildman–Crippen MR) is 538 cm³/mol. The summed E-state index contributed by atoms with van der Waals surface area (Å²) in [4.78, 5) is 126. The van der Waals surface area contributed by atoms with E-state index in [1.807, 2.05) is 158 Å². The van der Waals surface area contributed by atoms with Crippen molar-refractivity contribution in [1.29, 1.82) is 0 Å². The number of likely N-dealkylation sites (tertiary alicyclic amines) is 3. The Labute approximate surface area is 806 Å². The van der Waals surface area contributed by atoms with Crippen molar-refractivity contribution in [2.24, 2.45) is 11.7 Å². The molecule has 4 aromatic carbocycles. The average molecular weight is 1920 g/mol. The van der Waals surface area contributed by atoms with Crippen LogP contribution in [0.15, 0.2) is 107 Å². The number of amides is 7. The van der Waals surface area contributed by atoms with Crippen LogP contribution >= 0.6 is 70.2 Å². The summed E-state index contributed by atoms with van der Waals surface area (Å²) in [5.41, 5.74) is 27.6. The van der Waals surface area contributed by atoms with Gasteiger partial charge in [-0.25, -0.2) is 29.3 Å². The molecule has 0 aliphatic carbocycles. The fourth-order valence-corrected chi connectivity index (χ4v) is 20.0. The van der Waals surface area contributed by atoms with E-state index in [4.69, 9.17) is 63.5 Å². The summed E-state index contributed by atoms with van der Waals surface area (Å²) < 4.78 is 21.4. The third-order valence-corrected chi connectivity index (χ3v) is 26.8. The highest BCUT2D eigenvalue weighted by Crippen LogP contribution is 2.43. The number of nitrogens with zero attached hydrogens (tertiary/aromatic N) is 6. The maximum atomic E-state index is 12.7. The molecular formula is C100H121Cl2N15O12S4. The lowest BCUT2D eigenvalue weighted by atomic mass is 9.98. The summed E-state index contributed by atoms with van der Waals surface area (Å²) in [6.45, 7) is 35.2. The molecule has 0 radical (unpaired) electrons. The highest BCUT2D eigenvalue weighted by atomic mass is 35.5. The Hall–Kier alpha value is -11.3. The van der Waals surface area contributed by atoms with Crippen LogP contribution in [-0.2, 0) is 46.2 Å². The number of aromatic nitrogens is 6. The minimum atomic E-state index is -0.506. The van der Waals surface area contributed by atoms with Crippen molar-refractivity contribution in [1.82, 2.24) is 49.9 Å². The molecule has 4 saturated heterocycles. The van der Waals surface area contributed by atoms with Crippen molar-refractivity contribution in [3.05, 3.63) is 195 Å². The topological polar surface area (TPSA) is 355 Å². The van der Waals surface area contributed by atoms with Gasteiger partial charge in [0.05, 0.1) is 74.1 Å². The second-order valence-corrected chi connectivity index (χ2v) is 40.9. The fourth-order valence-electron chi connectivity index (χ4n) is 16.8. The SMILES string of the molecule is CC(C)(C)OC(=O)N1CCCC(C(N)=S)C1.CC(C)(C)OC(=O)N1CCCC(c2nc(-c3ccc4c(c3)CC(=O)N4)cs2)C1.COc1[nH]c(C)cc1C.Cc1cc(C)c(/C=C2\C(=O)Nc3ccc(-c4csc(C5CCCN(C(=O)OC(C)(C)C)C5)n4)cc32)[nH]1.Cc1cc(C)c(/C=C2\C(=O)Nc3ccc(-c4csc(C5CCCNC5)n4)cc32)[nH]1.Cl.O=C1Cc2cc(C(=O)CCl)ccc2N1. The second kappa shape index (κ2) is 43.8. The minimum absolute atomic E-state index is 0. The molecule has 133 heavy (non-hydrogen) atoms. The number of benzene rings is 4. The van der Waals surface area contributed by atoms with Gasteiger partial charge < -0.3 is 80.9 Å². The number of methoxy groups -OCH3 is 1. The molecule has 10 aromatic rings. The number of piperidine rings is 4. The van der Waals surface area contributed by atoms with Crippen molar-refractivity contribution in [2.75, 3.05) is 86.6 Å². The Morgan fingerprint density at radius 2 is 0.902 bits per heavy atom. The summed E-state index contributed by atoms with van der Waals surface area (Å²) in [6, 6.07) is 29.4. The number of anilines is 4. The first-order valence-electron chi connectivity index (χ1n) is 44.8. The van der Waals surface area contributed by atoms with Crippen molar-refractivity contribution >= 4 is 169 Å². The van der Waals surface area contributed by atoms with Crippen molar-refractivity contribution in [3.8, 4) is 39.7 Å². The van der Waals surface area contributed by atoms with E-state index >= 15 is 0 Å². The summed E-state index contributed by atoms with van der Waals surface area (Å²) in [6.07, 6.45) is 12.1. The normalized spacial score (nSPS) is 18.3. The second-order valence-electron chi connectivity index (χ2n) is 37.5. The highest BCUT2D eigenvalue weighted by molar-refractivity contribution is 7.80. The number of aryl methyl sites for hydroxylation is 6. The van der Waals surface area contributed by atoms with Gasteiger partial charge >= 0.3 is 18.3 Å². The van der Waals surface area contributed by atoms with Crippen LogP contribution in [0.2, 0.25) is 0 Å². The Morgan fingerprint density at radius 3 is 1.29 bits per heavy atom. The molecular weight excluding hydrogens is 1800 g/mol. The first-order chi connectivity index (χ1) is 62.7. The van der Waals surface area contributed by atoms with Gasteiger partial charge in [0.25, 0.3) is 11.8 Å². The van der Waals surface area contributed by atoms with Crippen LogP contribution in [0.4, 0.5) is 37.1 Å². The number of nitrogens with one attached hydrogen (secondary N) is 8. The molecule has 706 valence electrons. The standard InChI is InChI=1S/C28H32N4O3S.C23H24N4OS.C21H25N3O3S.C11H20N2O2S.C10H8ClNO2.C7H11NO.ClH/c1-16-11-17(2)29-23(16)13-21-20-12-18(8-9-22(20)30-25(21)33)24-15-36-26(31-24)19-7-6-10-32(14-19)27(34)35-28(3,4)5;1-13-8-14(2)25-20(13)10-18-17-9-15(5-6-19(17)26-22(18)28)21-12-29-23(27-21)16-4-3-7-24-11-16;1-21(2,3)27-20(26)24-8-4-5-14(11-24)19-23-17(12-28-19)13-6-7-16-15(9-13)10-18(25)22-16;1-11(2,3)15-10(14)13-6-4-5-8(7-13)9(12)16;11-5-9(13)6-1-2-8-7(3-6)4-10(14)12-8;1-5-4-6(2)8-7(5)9-3;/h8-9,11-13,15,19,29H,6-7,10,14H2,1-5H3,(H,30,33);5-6,8-10,12,16,24-25H,3-4,7,11H2,1-2H3,(H,26,28);6-7,9,12,14H,4-5,8,10-11H2,1-3H3,(H,22,25);8H,4-7H2,1-3H3,(H2,12,16);1-3H,4-5H2,(H,12,14);4,8H,1-3H3;1H/b21-13-;18-10-;;;;;. The van der Waals surface area contributed by atoms with E-state index in [0.717, 1.165) is 205 Å². The zero-order valence-corrected chi connectivity index (χ0v) is 83.2. The van der Waals surface area contributed by atoms with E-state index in [1.165, 1.54) is 17.8 Å². The first-order valence-corrected chi connectivity index (χ1v) is 48.4. The third kappa shape index (κ3) is 26.6. The number of hydrogen-bond donors (Lipinski definition) is 9. The molecule has 14 heterocycles. The number of thiocarbonyl (C=S) groups is 1. The number of carbonyl (C=O) groups is 8. The number of hydrogen-bond acceptors (Lipinski definition) is 20. The van der Waals surface area contributed by atoms with E-state index in [1.54, 1.807) is 74.0 Å². The smallest absolute Gasteiger partial charge is 0.410 e. The van der Waals surface area contributed by atoms with Crippen LogP contribution in [0.1, 0.15) is 224 Å². The van der Waals surface area contributed by atoms with E-state index < -0.39 is 16.8 Å². The van der Waals surface area contributed by atoms with Crippen molar-refractivity contribution in [2.45, 2.75) is 203 Å². The quantitative estimate of drug-likeness (QED) is 0.0180. The number of Topliss-reactive ketones (excluding diaryl/α,β-unsaturated/α-hetero) is 1. The van der Waals surface area contributed by atoms with Crippen molar-refractivity contribution < 1.29 is 57.3 Å². The molecule has 0 spiro atoms. The van der Waals surface area contributed by atoms with E-state index in [9.17, 15) is 38.4 Å². The number of aromatic amines is 3. The first kappa shape index (κ1) is 101. The zero-order valence-electron chi connectivity index (χ0n) is 78.4. The molecule has 33 heteroatoms. The number of fused-ring (bicyclic) bond motifs is 4. The number of ketones is 1. The van der Waals surface area contributed by atoms with Crippen molar-refractivity contribution in [3.63, 3.8) is 0 Å². The lowest BCUT2D eigenvalue weighted by Crippen LogP contribution is -2.45. The lowest BCUT2D eigenvalue weighted by molar-refractivity contribution is -0.115. The van der Waals surface area contributed by atoms with Gasteiger partial charge in [-0.05, 0) is 269 Å². The molecule has 7 amide bonds. The van der Waals surface area contributed by atoms with E-state index in [0.29, 0.717) is 66.6 Å². The largest absolute Gasteiger partial charge is 0.482 e. The summed E-state index contributed by atoms with van der Waals surface area (Å²) in [5, 5.41) is 24.5. The molecule has 0 saturated carbocycles. The molecule has 8 aliphatic heterocycles. The Balaban J connectivity index is 0.000000151. The number of carbonyl (C=O) groups excluding carboxylic acids is 8. The van der Waals surface area contributed by atoms with Crippen LogP contribution < -0.4 is 37.1 Å². The number of H-pyrrole nitrogens is 3. The maximum absolute atomic E-state index is 12.7. The highest BCUT2D eigenvalue weighted by Gasteiger charge is 2.36. The van der Waals surface area contributed by atoms with Crippen LogP contribution in [0.5, 0.6) is 5.88 Å². The average Bonchev–Trinajstić information content (AvgIpc) is 1.64. The maximum Gasteiger partial charge on any atom is 0.410 e. The molecule has 0 bridgehead atoms. The van der Waals surface area contributed by atoms with Gasteiger partial charge in [0.15, 0.2) is 11.7 Å². The number of rotatable bonds is 12. The summed E-state index contributed by atoms with van der Waals surface area (Å²) in [5.74, 6) is 1.64. The summed E-state index contributed by atoms with van der Waals surface area (Å²) >= 11 is 15.4. The van der Waals surface area contributed by atoms with Gasteiger partial charge in [0.1, 0.15) is 16.8 Å². The predicted octanol–water partition coefficient (Wildman–Crippen LogP) is 21.1. The minimum Gasteiger partial charge on any atom is -0.482 e. The molecule has 18 rings (SSSR count). The van der Waals surface area contributed by atoms with Crippen LogP contribution in [0, 0.1) is 47.5 Å². The Morgan fingerprint density at radius 1 is 0.504 bits per heavy atom. The van der Waals surface area contributed by atoms with E-state index in [2.05, 4.69) is 88.9 Å². The molecule has 27 nitrogen and oxygen atoms in total. The molecule has 4 unspecified atom stereocenters. The van der Waals surface area contributed by atoms with Gasteiger partial charge in [0, 0.05) is 176 Å². The molecule has 4 fully saturated rings. The van der Waals surface area contributed by atoms with Gasteiger partial charge in [-0.1, -0.05) is 30.4 Å². The van der Waals surface area contributed by atoms with Crippen LogP contribution in [0.3, 0.4) is 0 Å². The summed E-state index contributed by atoms with van der Waals surface area (Å²) in [7, 11) is 1.66. The van der Waals surface area contributed by atoms with Gasteiger partial charge in [-0.2, -0.15) is 0 Å². The monoisotopic (exact) mass is 1920 g/mol. The lowest BCUT2D eigenvalue weighted by Gasteiger charge is -2.33. The number of alkyl halides is 1. The number of nitrogens with two attached hydrogens (primary N) is 1. The molecule has 4 atom stereocenters. The Bertz CT molecular complexity index is 6030. The van der Waals surface area contributed by atoms with Gasteiger partial charge in [0.2, 0.25) is 11.8 Å². The van der Waals surface area contributed by atoms with Crippen LogP contribution in [-0.4, -0.2) is 179 Å². The number of thiazole rings is 3. The van der Waals surface area contributed by atoms with E-state index in [-0.39, 0.29) is 83.7 Å². The number of ether oxygens (including phenoxy) is 4. The van der Waals surface area contributed by atoms with Gasteiger partial charge in [-0.3, -0.25) is 24.0 Å². The number of halogens is 2.